The molecule has 4 rings (SSSR count). The predicted molar refractivity (Wildman–Crippen MR) is 119 cm³/mol. The highest BCUT2D eigenvalue weighted by Gasteiger charge is 2.32. The van der Waals surface area contributed by atoms with Crippen molar-refractivity contribution in [2.75, 3.05) is 7.05 Å². The highest BCUT2D eigenvalue weighted by Crippen LogP contribution is 2.28. The molecule has 0 aliphatic rings. The zero-order valence-corrected chi connectivity index (χ0v) is 18.3. The number of para-hydroxylation sites is 1. The molecule has 0 unspecified atom stereocenters. The Morgan fingerprint density at radius 3 is 2.29 bits per heavy atom. The number of aryl methyl sites for hydroxylation is 1. The topological polar surface area (TPSA) is 68.5 Å². The van der Waals surface area contributed by atoms with Crippen molar-refractivity contribution in [3.63, 3.8) is 0 Å². The fourth-order valence-electron chi connectivity index (χ4n) is 3.42. The van der Waals surface area contributed by atoms with Gasteiger partial charge < -0.3 is 14.1 Å². The maximum Gasteiger partial charge on any atom is 0.573 e. The van der Waals surface area contributed by atoms with Crippen molar-refractivity contribution in [3.8, 4) is 28.7 Å². The molecule has 174 valence electrons. The molecule has 0 radical (unpaired) electrons. The van der Waals surface area contributed by atoms with Crippen LogP contribution in [0.2, 0.25) is 0 Å². The Balaban J connectivity index is 1.48. The summed E-state index contributed by atoms with van der Waals surface area (Å²) in [5.74, 6) is 0.00176. The Kier molecular flexibility index (Phi) is 6.36. The molecule has 9 heteroatoms. The minimum atomic E-state index is -4.82. The van der Waals surface area contributed by atoms with E-state index in [2.05, 4.69) is 14.9 Å². The molecule has 0 fully saturated rings. The Labute approximate surface area is 193 Å². The normalized spacial score (nSPS) is 11.3. The van der Waals surface area contributed by atoms with Crippen molar-refractivity contribution in [3.05, 3.63) is 89.5 Å². The zero-order valence-electron chi connectivity index (χ0n) is 18.3. The van der Waals surface area contributed by atoms with Gasteiger partial charge in [0.05, 0.1) is 0 Å². The van der Waals surface area contributed by atoms with E-state index in [-0.39, 0.29) is 23.8 Å². The standard InChI is InChI=1S/C25H20F3N3O3/c1-16-7-3-5-9-20(16)23-30-29-22(33-23)17-11-13-18(14-12-17)24(32)31(2)15-19-8-4-6-10-21(19)34-25(26,27)28/h3-14H,15H2,1-2H3. The van der Waals surface area contributed by atoms with E-state index in [0.29, 0.717) is 22.9 Å². The number of aromatic nitrogens is 2. The van der Waals surface area contributed by atoms with E-state index in [0.717, 1.165) is 11.1 Å². The van der Waals surface area contributed by atoms with Gasteiger partial charge in [-0.15, -0.1) is 23.4 Å². The molecule has 4 aromatic rings. The number of rotatable bonds is 6. The van der Waals surface area contributed by atoms with Crippen LogP contribution in [0.4, 0.5) is 13.2 Å². The molecule has 0 N–H and O–H groups in total. The minimum Gasteiger partial charge on any atom is -0.416 e. The summed E-state index contributed by atoms with van der Waals surface area (Å²) in [6.07, 6.45) is -4.82. The molecule has 0 bridgehead atoms. The molecular formula is C25H20F3N3O3. The maximum absolute atomic E-state index is 12.8. The summed E-state index contributed by atoms with van der Waals surface area (Å²) in [5, 5.41) is 8.20. The number of benzene rings is 3. The summed E-state index contributed by atoms with van der Waals surface area (Å²) in [5.41, 5.74) is 3.07. The summed E-state index contributed by atoms with van der Waals surface area (Å²) in [6.45, 7) is 1.89. The third kappa shape index (κ3) is 5.25. The molecule has 0 spiro atoms. The smallest absolute Gasteiger partial charge is 0.416 e. The third-order valence-electron chi connectivity index (χ3n) is 5.13. The minimum absolute atomic E-state index is 0.0592. The number of carbonyl (C=O) groups excluding carboxylic acids is 1. The summed E-state index contributed by atoms with van der Waals surface area (Å²) in [6, 6.07) is 19.9. The fraction of sp³-hybridized carbons (Fsp3) is 0.160. The Bertz CT molecular complexity index is 1300. The molecule has 34 heavy (non-hydrogen) atoms. The molecule has 6 nitrogen and oxygen atoms in total. The lowest BCUT2D eigenvalue weighted by Gasteiger charge is -2.20. The second kappa shape index (κ2) is 9.38. The lowest BCUT2D eigenvalue weighted by Crippen LogP contribution is -2.27. The van der Waals surface area contributed by atoms with Crippen molar-refractivity contribution >= 4 is 5.91 Å². The van der Waals surface area contributed by atoms with E-state index < -0.39 is 6.36 Å². The first-order chi connectivity index (χ1) is 16.2. The van der Waals surface area contributed by atoms with Gasteiger partial charge in [0, 0.05) is 35.8 Å². The molecule has 3 aromatic carbocycles. The molecule has 1 aromatic heterocycles. The van der Waals surface area contributed by atoms with Gasteiger partial charge in [0.25, 0.3) is 5.91 Å². The van der Waals surface area contributed by atoms with Crippen LogP contribution in [0.1, 0.15) is 21.5 Å². The fourth-order valence-corrected chi connectivity index (χ4v) is 3.42. The van der Waals surface area contributed by atoms with Gasteiger partial charge in [0.15, 0.2) is 0 Å². The Morgan fingerprint density at radius 1 is 0.941 bits per heavy atom. The first kappa shape index (κ1) is 23.0. The van der Waals surface area contributed by atoms with Crippen LogP contribution in [0, 0.1) is 6.92 Å². The monoisotopic (exact) mass is 467 g/mol. The van der Waals surface area contributed by atoms with Crippen LogP contribution >= 0.6 is 0 Å². The number of hydrogen-bond donors (Lipinski definition) is 0. The van der Waals surface area contributed by atoms with Crippen LogP contribution in [0.25, 0.3) is 22.9 Å². The largest absolute Gasteiger partial charge is 0.573 e. The van der Waals surface area contributed by atoms with Gasteiger partial charge >= 0.3 is 6.36 Å². The van der Waals surface area contributed by atoms with E-state index in [4.69, 9.17) is 4.42 Å². The zero-order chi connectivity index (χ0) is 24.3. The van der Waals surface area contributed by atoms with Crippen LogP contribution in [-0.2, 0) is 6.54 Å². The molecular weight excluding hydrogens is 447 g/mol. The number of hydrogen-bond acceptors (Lipinski definition) is 5. The number of nitrogens with zero attached hydrogens (tertiary/aromatic N) is 3. The highest BCUT2D eigenvalue weighted by molar-refractivity contribution is 5.94. The van der Waals surface area contributed by atoms with Crippen LogP contribution < -0.4 is 4.74 Å². The maximum atomic E-state index is 12.8. The van der Waals surface area contributed by atoms with Gasteiger partial charge in [-0.1, -0.05) is 36.4 Å². The van der Waals surface area contributed by atoms with Crippen molar-refractivity contribution in [2.24, 2.45) is 0 Å². The van der Waals surface area contributed by atoms with Gasteiger partial charge in [0.2, 0.25) is 11.8 Å². The number of carbonyl (C=O) groups is 1. The second-order valence-corrected chi connectivity index (χ2v) is 7.62. The van der Waals surface area contributed by atoms with Gasteiger partial charge in [-0.3, -0.25) is 4.79 Å². The average Bonchev–Trinajstić information content (AvgIpc) is 3.29. The SMILES string of the molecule is Cc1ccccc1-c1nnc(-c2ccc(C(=O)N(C)Cc3ccccc3OC(F)(F)F)cc2)o1. The number of amides is 1. The second-order valence-electron chi connectivity index (χ2n) is 7.62. The predicted octanol–water partition coefficient (Wildman–Crippen LogP) is 5.88. The van der Waals surface area contributed by atoms with Gasteiger partial charge in [-0.05, 0) is 48.9 Å². The number of halogens is 3. The van der Waals surface area contributed by atoms with Crippen LogP contribution in [0.5, 0.6) is 5.75 Å². The van der Waals surface area contributed by atoms with E-state index >= 15 is 0 Å². The summed E-state index contributed by atoms with van der Waals surface area (Å²) < 4.78 is 47.8. The Morgan fingerprint density at radius 2 is 1.59 bits per heavy atom. The van der Waals surface area contributed by atoms with Crippen LogP contribution in [0.15, 0.2) is 77.2 Å². The van der Waals surface area contributed by atoms with Crippen molar-refractivity contribution in [1.29, 1.82) is 0 Å². The number of alkyl halides is 3. The van der Waals surface area contributed by atoms with E-state index in [1.54, 1.807) is 30.3 Å². The molecule has 1 amide bonds. The first-order valence-corrected chi connectivity index (χ1v) is 10.3. The molecule has 0 saturated carbocycles. The van der Waals surface area contributed by atoms with E-state index in [9.17, 15) is 18.0 Å². The lowest BCUT2D eigenvalue weighted by atomic mass is 10.1. The summed E-state index contributed by atoms with van der Waals surface area (Å²) >= 11 is 0. The number of ether oxygens (including phenoxy) is 1. The molecule has 0 atom stereocenters. The van der Waals surface area contributed by atoms with Crippen molar-refractivity contribution < 1.29 is 27.1 Å². The van der Waals surface area contributed by atoms with E-state index in [1.807, 2.05) is 31.2 Å². The molecule has 0 aliphatic heterocycles. The highest BCUT2D eigenvalue weighted by atomic mass is 19.4. The van der Waals surface area contributed by atoms with Gasteiger partial charge in [-0.25, -0.2) is 0 Å². The van der Waals surface area contributed by atoms with E-state index in [1.165, 1.54) is 30.1 Å². The summed E-state index contributed by atoms with van der Waals surface area (Å²) in [4.78, 5) is 14.1. The molecule has 0 saturated heterocycles. The van der Waals surface area contributed by atoms with Gasteiger partial charge in [-0.2, -0.15) is 0 Å². The average molecular weight is 467 g/mol. The molecule has 0 aliphatic carbocycles. The Hall–Kier alpha value is -4.14. The van der Waals surface area contributed by atoms with Crippen LogP contribution in [0.3, 0.4) is 0 Å². The quantitative estimate of drug-likeness (QED) is 0.354. The summed E-state index contributed by atoms with van der Waals surface area (Å²) in [7, 11) is 1.51. The lowest BCUT2D eigenvalue weighted by molar-refractivity contribution is -0.275. The van der Waals surface area contributed by atoms with Crippen molar-refractivity contribution in [1.82, 2.24) is 15.1 Å². The third-order valence-corrected chi connectivity index (χ3v) is 5.13. The van der Waals surface area contributed by atoms with Gasteiger partial charge in [0.1, 0.15) is 5.75 Å². The first-order valence-electron chi connectivity index (χ1n) is 10.3. The van der Waals surface area contributed by atoms with Crippen LogP contribution in [-0.4, -0.2) is 34.4 Å². The van der Waals surface area contributed by atoms with Crippen molar-refractivity contribution in [2.45, 2.75) is 19.8 Å². The molecule has 1 heterocycles.